The zero-order valence-electron chi connectivity index (χ0n) is 9.65. The summed E-state index contributed by atoms with van der Waals surface area (Å²) in [7, 11) is 0. The number of aromatic amines is 1. The number of benzene rings is 1. The van der Waals surface area contributed by atoms with Crippen LogP contribution in [0.1, 0.15) is 25.3 Å². The molecule has 0 aliphatic carbocycles. The maximum Gasteiger partial charge on any atom is 0.313 e. The second kappa shape index (κ2) is 4.98. The van der Waals surface area contributed by atoms with Crippen molar-refractivity contribution >= 4 is 39.7 Å². The molecule has 0 saturated heterocycles. The van der Waals surface area contributed by atoms with Gasteiger partial charge in [-0.25, -0.2) is 0 Å². The second-order valence-corrected chi connectivity index (χ2v) is 5.46. The van der Waals surface area contributed by atoms with E-state index in [0.29, 0.717) is 6.61 Å². The van der Waals surface area contributed by atoms with Gasteiger partial charge in [-0.3, -0.25) is 4.79 Å². The summed E-state index contributed by atoms with van der Waals surface area (Å²) < 4.78 is 6.87. The number of carbonyl (C=O) groups excluding carboxylic acids is 1. The standard InChI is InChI=1S/C12H13NO2S2/c1-3-15-11(14)7(2)8-4-5-10-9(6-8)13-12(16)17-10/h4-7H,3H2,1-2H3,(H,13,16). The van der Waals surface area contributed by atoms with Crippen molar-refractivity contribution in [1.29, 1.82) is 0 Å². The van der Waals surface area contributed by atoms with Gasteiger partial charge in [-0.05, 0) is 43.8 Å². The van der Waals surface area contributed by atoms with Gasteiger partial charge in [-0.2, -0.15) is 0 Å². The van der Waals surface area contributed by atoms with Crippen molar-refractivity contribution in [3.8, 4) is 0 Å². The van der Waals surface area contributed by atoms with Crippen LogP contribution in [0.3, 0.4) is 0 Å². The molecule has 0 spiro atoms. The Morgan fingerprint density at radius 3 is 3.06 bits per heavy atom. The molecule has 0 aliphatic rings. The summed E-state index contributed by atoms with van der Waals surface area (Å²) in [6.07, 6.45) is 0. The number of aromatic nitrogens is 1. The van der Waals surface area contributed by atoms with Gasteiger partial charge in [0.2, 0.25) is 0 Å². The summed E-state index contributed by atoms with van der Waals surface area (Å²) >= 11 is 6.62. The highest BCUT2D eigenvalue weighted by atomic mass is 32.1. The van der Waals surface area contributed by atoms with Crippen LogP contribution in [-0.4, -0.2) is 17.6 Å². The zero-order chi connectivity index (χ0) is 12.4. The predicted octanol–water partition coefficient (Wildman–Crippen LogP) is 3.63. The highest BCUT2D eigenvalue weighted by molar-refractivity contribution is 7.73. The van der Waals surface area contributed by atoms with E-state index in [1.165, 1.54) is 11.3 Å². The molecule has 90 valence electrons. The molecule has 1 unspecified atom stereocenters. The van der Waals surface area contributed by atoms with Crippen molar-refractivity contribution in [3.63, 3.8) is 0 Å². The van der Waals surface area contributed by atoms with E-state index in [4.69, 9.17) is 17.0 Å². The number of nitrogens with one attached hydrogen (secondary N) is 1. The van der Waals surface area contributed by atoms with E-state index in [1.807, 2.05) is 32.0 Å². The molecule has 1 heterocycles. The van der Waals surface area contributed by atoms with Crippen molar-refractivity contribution in [1.82, 2.24) is 4.98 Å². The molecule has 1 atom stereocenters. The van der Waals surface area contributed by atoms with E-state index in [9.17, 15) is 4.79 Å². The van der Waals surface area contributed by atoms with Crippen LogP contribution < -0.4 is 0 Å². The van der Waals surface area contributed by atoms with E-state index in [1.54, 1.807) is 0 Å². The first-order valence-corrected chi connectivity index (χ1v) is 6.63. The lowest BCUT2D eigenvalue weighted by atomic mass is 10.0. The number of carbonyl (C=O) groups is 1. The molecule has 1 N–H and O–H groups in total. The molecule has 1 aromatic carbocycles. The van der Waals surface area contributed by atoms with Gasteiger partial charge >= 0.3 is 5.97 Å². The second-order valence-electron chi connectivity index (χ2n) is 3.74. The molecule has 2 aromatic rings. The molecule has 5 heteroatoms. The van der Waals surface area contributed by atoms with Gasteiger partial charge in [0.05, 0.1) is 22.7 Å². The lowest BCUT2D eigenvalue weighted by Crippen LogP contribution is -2.12. The third kappa shape index (κ3) is 2.56. The molecule has 0 bridgehead atoms. The minimum absolute atomic E-state index is 0.194. The fraction of sp³-hybridized carbons (Fsp3) is 0.333. The van der Waals surface area contributed by atoms with Gasteiger partial charge in [0, 0.05) is 0 Å². The Bertz CT molecular complexity index is 600. The van der Waals surface area contributed by atoms with Gasteiger partial charge in [0.25, 0.3) is 0 Å². The Morgan fingerprint density at radius 2 is 2.35 bits per heavy atom. The number of H-pyrrole nitrogens is 1. The van der Waals surface area contributed by atoms with E-state index in [2.05, 4.69) is 4.98 Å². The Kier molecular flexibility index (Phi) is 3.59. The summed E-state index contributed by atoms with van der Waals surface area (Å²) in [6.45, 7) is 4.07. The first-order chi connectivity index (χ1) is 8.11. The summed E-state index contributed by atoms with van der Waals surface area (Å²) in [5.41, 5.74) is 1.92. The average Bonchev–Trinajstić information content (AvgIpc) is 2.67. The predicted molar refractivity (Wildman–Crippen MR) is 72.1 cm³/mol. The largest absolute Gasteiger partial charge is 0.466 e. The molecule has 0 saturated carbocycles. The van der Waals surface area contributed by atoms with Gasteiger partial charge in [-0.15, -0.1) is 11.3 Å². The van der Waals surface area contributed by atoms with Crippen LogP contribution in [0, 0.1) is 3.95 Å². The summed E-state index contributed by atoms with van der Waals surface area (Å²) in [6, 6.07) is 5.89. The SMILES string of the molecule is CCOC(=O)C(C)c1ccc2sc(=S)[nH]c2c1. The first-order valence-electron chi connectivity index (χ1n) is 5.41. The summed E-state index contributed by atoms with van der Waals surface area (Å²) in [5, 5.41) is 0. The number of rotatable bonds is 3. The number of esters is 1. The lowest BCUT2D eigenvalue weighted by molar-refractivity contribution is -0.144. The van der Waals surface area contributed by atoms with Crippen molar-refractivity contribution in [2.24, 2.45) is 0 Å². The highest BCUT2D eigenvalue weighted by Crippen LogP contribution is 2.25. The van der Waals surface area contributed by atoms with Crippen LogP contribution in [0.4, 0.5) is 0 Å². The van der Waals surface area contributed by atoms with Gasteiger partial charge in [-0.1, -0.05) is 6.07 Å². The van der Waals surface area contributed by atoms with Crippen molar-refractivity contribution in [3.05, 3.63) is 27.7 Å². The van der Waals surface area contributed by atoms with Crippen LogP contribution in [0.25, 0.3) is 10.2 Å². The van der Waals surface area contributed by atoms with Crippen molar-refractivity contribution in [2.45, 2.75) is 19.8 Å². The summed E-state index contributed by atoms with van der Waals surface area (Å²) in [5.74, 6) is -0.443. The Labute approximate surface area is 108 Å². The molecule has 0 aliphatic heterocycles. The molecule has 0 amide bonds. The number of hydrogen-bond acceptors (Lipinski definition) is 4. The maximum absolute atomic E-state index is 11.6. The monoisotopic (exact) mass is 267 g/mol. The summed E-state index contributed by atoms with van der Waals surface area (Å²) in [4.78, 5) is 14.7. The number of ether oxygens (including phenoxy) is 1. The molecule has 1 aromatic heterocycles. The van der Waals surface area contributed by atoms with E-state index in [-0.39, 0.29) is 11.9 Å². The molecule has 17 heavy (non-hydrogen) atoms. The lowest BCUT2D eigenvalue weighted by Gasteiger charge is -2.10. The number of thiazole rings is 1. The quantitative estimate of drug-likeness (QED) is 0.682. The van der Waals surface area contributed by atoms with Crippen molar-refractivity contribution in [2.75, 3.05) is 6.61 Å². The fourth-order valence-corrected chi connectivity index (χ4v) is 2.74. The molecule has 2 rings (SSSR count). The van der Waals surface area contributed by atoms with E-state index in [0.717, 1.165) is 19.7 Å². The molecular weight excluding hydrogens is 254 g/mol. The maximum atomic E-state index is 11.6. The number of hydrogen-bond donors (Lipinski definition) is 1. The zero-order valence-corrected chi connectivity index (χ0v) is 11.3. The third-order valence-electron chi connectivity index (χ3n) is 2.58. The first kappa shape index (κ1) is 12.3. The third-order valence-corrected chi connectivity index (χ3v) is 3.80. The van der Waals surface area contributed by atoms with Crippen LogP contribution in [0.15, 0.2) is 18.2 Å². The highest BCUT2D eigenvalue weighted by Gasteiger charge is 2.16. The van der Waals surface area contributed by atoms with E-state index >= 15 is 0 Å². The average molecular weight is 267 g/mol. The van der Waals surface area contributed by atoms with Crippen LogP contribution in [-0.2, 0) is 9.53 Å². The smallest absolute Gasteiger partial charge is 0.313 e. The Balaban J connectivity index is 2.35. The van der Waals surface area contributed by atoms with Gasteiger partial charge in [0.15, 0.2) is 3.95 Å². The van der Waals surface area contributed by atoms with Crippen LogP contribution in [0.2, 0.25) is 0 Å². The van der Waals surface area contributed by atoms with Gasteiger partial charge < -0.3 is 9.72 Å². The molecule has 0 radical (unpaired) electrons. The van der Waals surface area contributed by atoms with E-state index < -0.39 is 0 Å². The van der Waals surface area contributed by atoms with Crippen molar-refractivity contribution < 1.29 is 9.53 Å². The molecular formula is C12H13NO2S2. The normalized spacial score (nSPS) is 12.6. The Hall–Kier alpha value is -1.20. The topological polar surface area (TPSA) is 42.1 Å². The molecule has 3 nitrogen and oxygen atoms in total. The van der Waals surface area contributed by atoms with Crippen LogP contribution in [0.5, 0.6) is 0 Å². The fourth-order valence-electron chi connectivity index (χ4n) is 1.64. The molecule has 0 fully saturated rings. The Morgan fingerprint density at radius 1 is 1.59 bits per heavy atom. The van der Waals surface area contributed by atoms with Gasteiger partial charge in [0.1, 0.15) is 0 Å². The van der Waals surface area contributed by atoms with Crippen LogP contribution >= 0.6 is 23.6 Å². The minimum atomic E-state index is -0.249. The number of fused-ring (bicyclic) bond motifs is 1. The minimum Gasteiger partial charge on any atom is -0.466 e.